The van der Waals surface area contributed by atoms with Gasteiger partial charge in [0.15, 0.2) is 11.5 Å². The number of hydrogen-bond donors (Lipinski definition) is 0. The maximum absolute atomic E-state index is 13.1. The Morgan fingerprint density at radius 1 is 0.964 bits per heavy atom. The van der Waals surface area contributed by atoms with Crippen molar-refractivity contribution in [3.8, 4) is 23.0 Å². The van der Waals surface area contributed by atoms with E-state index in [0.29, 0.717) is 42.3 Å². The van der Waals surface area contributed by atoms with Crippen LogP contribution in [0.2, 0.25) is 0 Å². The Morgan fingerprint density at radius 2 is 1.79 bits per heavy atom. The van der Waals surface area contributed by atoms with Crippen LogP contribution in [-0.4, -0.2) is 26.6 Å². The van der Waals surface area contributed by atoms with Crippen LogP contribution in [0.15, 0.2) is 62.1 Å². The van der Waals surface area contributed by atoms with E-state index in [1.165, 1.54) is 12.1 Å². The third-order valence-corrected chi connectivity index (χ3v) is 4.14. The summed E-state index contributed by atoms with van der Waals surface area (Å²) < 4.78 is 29.9. The molecule has 0 fully saturated rings. The van der Waals surface area contributed by atoms with E-state index in [4.69, 9.17) is 13.3 Å². The zero-order chi connectivity index (χ0) is 19.3. The molecule has 0 amide bonds. The molecule has 144 valence electrons. The van der Waals surface area contributed by atoms with Crippen LogP contribution in [0.4, 0.5) is 4.39 Å². The topological polar surface area (TPSA) is 81.3 Å². The van der Waals surface area contributed by atoms with E-state index in [-0.39, 0.29) is 5.82 Å². The number of halogens is 1. The minimum absolute atomic E-state index is 0.286. The third kappa shape index (κ3) is 4.17. The van der Waals surface area contributed by atoms with Crippen molar-refractivity contribution in [2.24, 2.45) is 0 Å². The molecule has 1 aromatic carbocycles. The Labute approximate surface area is 160 Å². The fraction of sp³-hybridized carbons (Fsp3) is 0.250. The van der Waals surface area contributed by atoms with Crippen molar-refractivity contribution in [1.29, 1.82) is 0 Å². The zero-order valence-corrected chi connectivity index (χ0v) is 15.3. The van der Waals surface area contributed by atoms with Gasteiger partial charge >= 0.3 is 0 Å². The maximum Gasteiger partial charge on any atom is 0.283 e. The average Bonchev–Trinajstić information content (AvgIpc) is 3.44. The molecule has 7 nitrogen and oxygen atoms in total. The second-order valence-corrected chi connectivity index (χ2v) is 6.31. The van der Waals surface area contributed by atoms with Crippen molar-refractivity contribution < 1.29 is 17.6 Å². The number of nitrogens with zero attached hydrogens (tertiary/aromatic N) is 4. The third-order valence-electron chi connectivity index (χ3n) is 4.14. The first-order valence-corrected chi connectivity index (χ1v) is 9.00. The Hall–Kier alpha value is -3.26. The van der Waals surface area contributed by atoms with Gasteiger partial charge in [-0.3, -0.25) is 4.90 Å². The normalized spacial score (nSPS) is 11.4. The first-order chi connectivity index (χ1) is 13.7. The minimum Gasteiger partial charge on any atom is -0.459 e. The van der Waals surface area contributed by atoms with E-state index in [1.807, 2.05) is 0 Å². The zero-order valence-electron chi connectivity index (χ0n) is 15.3. The molecule has 0 saturated carbocycles. The molecule has 28 heavy (non-hydrogen) atoms. The molecule has 4 rings (SSSR count). The summed E-state index contributed by atoms with van der Waals surface area (Å²) in [6.07, 6.45) is 4.16. The molecule has 4 aromatic rings. The molecule has 0 saturated heterocycles. The molecule has 0 aliphatic carbocycles. The van der Waals surface area contributed by atoms with Gasteiger partial charge in [0.1, 0.15) is 5.82 Å². The number of oxazole rings is 1. The highest BCUT2D eigenvalue weighted by Gasteiger charge is 2.16. The SMILES string of the molecule is CCCN(Cc1ncc(-c2ccc(F)cc2)o1)Cc1nnc(-c2ccco2)o1. The predicted molar refractivity (Wildman–Crippen MR) is 98.3 cm³/mol. The molecule has 8 heteroatoms. The van der Waals surface area contributed by atoms with Crippen LogP contribution in [0, 0.1) is 5.82 Å². The van der Waals surface area contributed by atoms with Gasteiger partial charge in [0.05, 0.1) is 25.5 Å². The first-order valence-electron chi connectivity index (χ1n) is 9.00. The summed E-state index contributed by atoms with van der Waals surface area (Å²) in [5.41, 5.74) is 0.780. The summed E-state index contributed by atoms with van der Waals surface area (Å²) in [5.74, 6) is 2.27. The van der Waals surface area contributed by atoms with Crippen molar-refractivity contribution in [2.45, 2.75) is 26.4 Å². The highest BCUT2D eigenvalue weighted by Crippen LogP contribution is 2.22. The van der Waals surface area contributed by atoms with Crippen LogP contribution < -0.4 is 0 Å². The van der Waals surface area contributed by atoms with Gasteiger partial charge in [-0.15, -0.1) is 10.2 Å². The summed E-state index contributed by atoms with van der Waals surface area (Å²) in [6, 6.07) is 9.66. The number of furan rings is 1. The van der Waals surface area contributed by atoms with Crippen molar-refractivity contribution in [3.63, 3.8) is 0 Å². The number of benzene rings is 1. The molecule has 0 atom stereocenters. The highest BCUT2D eigenvalue weighted by atomic mass is 19.1. The van der Waals surface area contributed by atoms with Gasteiger partial charge in [-0.25, -0.2) is 9.37 Å². The number of rotatable bonds is 8. The molecule has 0 spiro atoms. The molecule has 3 heterocycles. The molecule has 0 bridgehead atoms. The van der Waals surface area contributed by atoms with Gasteiger partial charge < -0.3 is 13.3 Å². The largest absolute Gasteiger partial charge is 0.459 e. The van der Waals surface area contributed by atoms with Crippen molar-refractivity contribution in [2.75, 3.05) is 6.54 Å². The van der Waals surface area contributed by atoms with Gasteiger partial charge in [-0.1, -0.05) is 6.92 Å². The quantitative estimate of drug-likeness (QED) is 0.443. The van der Waals surface area contributed by atoms with Crippen LogP contribution in [0.3, 0.4) is 0 Å². The Morgan fingerprint density at radius 3 is 2.54 bits per heavy atom. The van der Waals surface area contributed by atoms with Crippen LogP contribution in [-0.2, 0) is 13.1 Å². The van der Waals surface area contributed by atoms with Gasteiger partial charge in [0, 0.05) is 5.56 Å². The molecular weight excluding hydrogens is 363 g/mol. The van der Waals surface area contributed by atoms with Crippen LogP contribution in [0.1, 0.15) is 25.1 Å². The van der Waals surface area contributed by atoms with E-state index in [2.05, 4.69) is 27.0 Å². The lowest BCUT2D eigenvalue weighted by Crippen LogP contribution is -2.24. The van der Waals surface area contributed by atoms with Crippen molar-refractivity contribution >= 4 is 0 Å². The lowest BCUT2D eigenvalue weighted by Gasteiger charge is -2.17. The molecule has 0 radical (unpaired) electrons. The lowest BCUT2D eigenvalue weighted by molar-refractivity contribution is 0.211. The van der Waals surface area contributed by atoms with E-state index in [0.717, 1.165) is 18.5 Å². The van der Waals surface area contributed by atoms with Gasteiger partial charge in [0.2, 0.25) is 11.8 Å². The van der Waals surface area contributed by atoms with E-state index < -0.39 is 0 Å². The molecule has 0 unspecified atom stereocenters. The fourth-order valence-corrected chi connectivity index (χ4v) is 2.86. The Kier molecular flexibility index (Phi) is 5.29. The number of aromatic nitrogens is 3. The molecule has 0 aliphatic rings. The fourth-order valence-electron chi connectivity index (χ4n) is 2.86. The molecule has 3 aromatic heterocycles. The van der Waals surface area contributed by atoms with E-state index in [1.54, 1.807) is 36.7 Å². The second-order valence-electron chi connectivity index (χ2n) is 6.31. The highest BCUT2D eigenvalue weighted by molar-refractivity contribution is 5.55. The maximum atomic E-state index is 13.1. The van der Waals surface area contributed by atoms with Crippen LogP contribution in [0.5, 0.6) is 0 Å². The Bertz CT molecular complexity index is 1010. The van der Waals surface area contributed by atoms with Crippen LogP contribution >= 0.6 is 0 Å². The first kappa shape index (κ1) is 18.1. The molecule has 0 aliphatic heterocycles. The van der Waals surface area contributed by atoms with Gasteiger partial charge in [0.25, 0.3) is 5.89 Å². The van der Waals surface area contributed by atoms with Crippen LogP contribution in [0.25, 0.3) is 23.0 Å². The second kappa shape index (κ2) is 8.18. The van der Waals surface area contributed by atoms with E-state index in [9.17, 15) is 4.39 Å². The summed E-state index contributed by atoms with van der Waals surface area (Å²) in [4.78, 5) is 6.45. The van der Waals surface area contributed by atoms with Gasteiger partial charge in [-0.2, -0.15) is 0 Å². The average molecular weight is 382 g/mol. The standard InChI is InChI=1S/C20H19FN4O3/c1-2-9-25(13-19-23-24-20(28-19)16-4-3-10-26-16)12-18-22-11-17(27-18)14-5-7-15(21)8-6-14/h3-8,10-11H,2,9,12-13H2,1H3. The van der Waals surface area contributed by atoms with Crippen molar-refractivity contribution in [3.05, 3.63) is 66.5 Å². The minimum atomic E-state index is -0.286. The molecule has 0 N–H and O–H groups in total. The molecular formula is C20H19FN4O3. The smallest absolute Gasteiger partial charge is 0.283 e. The van der Waals surface area contributed by atoms with Crippen molar-refractivity contribution in [1.82, 2.24) is 20.1 Å². The van der Waals surface area contributed by atoms with E-state index >= 15 is 0 Å². The predicted octanol–water partition coefficient (Wildman–Crippen LogP) is 4.54. The van der Waals surface area contributed by atoms with Gasteiger partial charge in [-0.05, 0) is 49.4 Å². The lowest BCUT2D eigenvalue weighted by atomic mass is 10.2. The Balaban J connectivity index is 1.44. The number of hydrogen-bond acceptors (Lipinski definition) is 7. The monoisotopic (exact) mass is 382 g/mol. The summed E-state index contributed by atoms with van der Waals surface area (Å²) in [7, 11) is 0. The summed E-state index contributed by atoms with van der Waals surface area (Å²) in [5, 5.41) is 8.11. The summed E-state index contributed by atoms with van der Waals surface area (Å²) in [6.45, 7) is 3.87. The summed E-state index contributed by atoms with van der Waals surface area (Å²) >= 11 is 0.